The minimum Gasteiger partial charge on any atom is -0.358 e. The van der Waals surface area contributed by atoms with Crippen LogP contribution in [0.2, 0.25) is 0 Å². The Bertz CT molecular complexity index is 4510. The van der Waals surface area contributed by atoms with Gasteiger partial charge in [0, 0.05) is 5.69 Å². The van der Waals surface area contributed by atoms with Gasteiger partial charge >= 0.3 is 21.1 Å². The Kier molecular flexibility index (Phi) is 9.80. The Morgan fingerprint density at radius 2 is 0.628 bits per heavy atom. The molecule has 0 saturated carbocycles. The van der Waals surface area contributed by atoms with Crippen molar-refractivity contribution < 1.29 is 21.1 Å². The summed E-state index contributed by atoms with van der Waals surface area (Å²) in [5.41, 5.74) is 13.4. The molecule has 0 saturated heterocycles. The van der Waals surface area contributed by atoms with Gasteiger partial charge < -0.3 is 14.0 Å². The minimum absolute atomic E-state index is 0. The fraction of sp³-hybridized carbons (Fsp3) is 0. The van der Waals surface area contributed by atoms with Crippen LogP contribution in [0.15, 0.2) is 261 Å². The zero-order chi connectivity index (χ0) is 50.4. The Hall–Kier alpha value is -9.12. The van der Waals surface area contributed by atoms with E-state index in [0.717, 1.165) is 78.4 Å². The third-order valence-electron chi connectivity index (χ3n) is 16.7. The molecule has 0 atom stereocenters. The van der Waals surface area contributed by atoms with E-state index in [-0.39, 0.29) is 21.1 Å². The molecular weight excluding hydrogens is 1170 g/mol. The molecule has 0 amide bonds. The molecule has 0 fully saturated rings. The fourth-order valence-electron chi connectivity index (χ4n) is 13.7. The quantitative estimate of drug-likeness (QED) is 0.123. The van der Waals surface area contributed by atoms with E-state index >= 15 is 0 Å². The summed E-state index contributed by atoms with van der Waals surface area (Å²) in [6.45, 7) is 0. The molecule has 0 N–H and O–H groups in total. The van der Waals surface area contributed by atoms with Crippen molar-refractivity contribution in [2.45, 2.75) is 0 Å². The summed E-state index contributed by atoms with van der Waals surface area (Å²) in [6, 6.07) is 105. The van der Waals surface area contributed by atoms with Gasteiger partial charge in [0.1, 0.15) is 16.1 Å². The van der Waals surface area contributed by atoms with Gasteiger partial charge in [-0.3, -0.25) is 8.80 Å². The number of hydrogen-bond acceptors (Lipinski definition) is 3. The Balaban J connectivity index is 0.00000509. The molecule has 6 heterocycles. The number of aromatic nitrogens is 6. The molecule has 15 aromatic rings. The van der Waals surface area contributed by atoms with Crippen molar-refractivity contribution in [3.8, 4) is 11.4 Å². The van der Waals surface area contributed by atoms with Crippen molar-refractivity contribution >= 4 is 130 Å². The second-order valence-electron chi connectivity index (χ2n) is 20.3. The van der Waals surface area contributed by atoms with E-state index in [1.165, 1.54) is 47.2 Å². The molecule has 2 aliphatic heterocycles. The van der Waals surface area contributed by atoms with Crippen LogP contribution in [-0.4, -0.2) is 44.1 Å². The molecule has 0 aliphatic carbocycles. The maximum atomic E-state index is 5.38. The average Bonchev–Trinajstić information content (AvgIpc) is 4.33. The monoisotopic (exact) mass is 1210 g/mol. The van der Waals surface area contributed by atoms with Gasteiger partial charge in [-0.15, -0.1) is 34.6 Å². The number of anilines is 3. The summed E-state index contributed by atoms with van der Waals surface area (Å²) in [5.74, 6) is 1.69. The Labute approximate surface area is 465 Å². The number of nitrogens with zero attached hydrogens (tertiary/aromatic N) is 7. The molecule has 0 bridgehead atoms. The Morgan fingerprint density at radius 3 is 1.01 bits per heavy atom. The molecule has 7 nitrogen and oxygen atoms in total. The first-order chi connectivity index (χ1) is 38.2. The average molecular weight is 1210 g/mol. The molecule has 4 aromatic heterocycles. The molecule has 0 spiro atoms. The first kappa shape index (κ1) is 45.1. The van der Waals surface area contributed by atoms with Crippen LogP contribution in [0.3, 0.4) is 0 Å². The first-order valence-corrected chi connectivity index (χ1v) is 30.3. The first-order valence-electron chi connectivity index (χ1n) is 26.3. The van der Waals surface area contributed by atoms with Crippen molar-refractivity contribution in [1.29, 1.82) is 0 Å². The molecule has 2 aliphatic rings. The van der Waals surface area contributed by atoms with E-state index in [2.05, 4.69) is 296 Å². The zero-order valence-corrected chi connectivity index (χ0v) is 46.0. The van der Waals surface area contributed by atoms with Crippen molar-refractivity contribution in [2.75, 3.05) is 4.90 Å². The molecule has 10 heteroatoms. The standard InChI is InChI=1S/C68H43N7Si2.Pt/c1-5-22-48(23-6-1)76(49-24-7-2-8-25-49)62-42-40-46(71-56-34-17-19-36-58(56)74-54-32-15-13-30-52(54)69-67(71)74)44-60(62)73-61-45-47(72-57-35-18-20-37-59(57)75-55-33-16-14-31-53(55)70-68(72)75)41-43-63(61)77(50-26-9-3-10-27-50,51-28-11-4-12-29-51)65-39-21-38-64(76)66(65)73;/h1-43H;/q-2;+2. The van der Waals surface area contributed by atoms with Crippen molar-refractivity contribution in [1.82, 2.24) is 27.9 Å². The SMILES string of the molecule is [Pt+2].[c-]1c(-n2c3ccccc3n3c4ccccc4nc23)ccc2c1N1c3[c-]c(-n4c5ccccc5n5c6ccccc6nc45)ccc3[Si](c3ccccc3)(c3ccccc3)c3cccc(c31)[Si]2(c1ccccc1)c1ccccc1. The van der Waals surface area contributed by atoms with Crippen LogP contribution in [0.5, 0.6) is 0 Å². The molecule has 0 unspecified atom stereocenters. The maximum absolute atomic E-state index is 5.38. The van der Waals surface area contributed by atoms with E-state index in [1.807, 2.05) is 0 Å². The van der Waals surface area contributed by atoms with Gasteiger partial charge in [-0.2, -0.15) is 12.1 Å². The topological polar surface area (TPSA) is 47.7 Å². The number of rotatable bonds is 6. The largest absolute Gasteiger partial charge is 2.00 e. The summed E-state index contributed by atoms with van der Waals surface area (Å²) in [4.78, 5) is 13.3. The number of imidazole rings is 4. The van der Waals surface area contributed by atoms with Crippen LogP contribution in [0.4, 0.5) is 17.1 Å². The van der Waals surface area contributed by atoms with E-state index in [0.29, 0.717) is 0 Å². The van der Waals surface area contributed by atoms with Gasteiger partial charge in [-0.05, 0) is 58.9 Å². The molecule has 17 rings (SSSR count). The normalized spacial score (nSPS) is 14.0. The molecular formula is C68H43N7PtSi2. The number of fused-ring (bicyclic) bond motifs is 14. The van der Waals surface area contributed by atoms with Gasteiger partial charge in [-0.25, -0.2) is 9.97 Å². The summed E-state index contributed by atoms with van der Waals surface area (Å²) < 4.78 is 9.23. The predicted octanol–water partition coefficient (Wildman–Crippen LogP) is 9.63. The van der Waals surface area contributed by atoms with Gasteiger partial charge in [0.2, 0.25) is 11.6 Å². The van der Waals surface area contributed by atoms with E-state index in [9.17, 15) is 0 Å². The number of benzene rings is 11. The van der Waals surface area contributed by atoms with Crippen LogP contribution in [0.1, 0.15) is 0 Å². The van der Waals surface area contributed by atoms with E-state index in [4.69, 9.17) is 9.97 Å². The third kappa shape index (κ3) is 5.84. The zero-order valence-electron chi connectivity index (χ0n) is 41.8. The third-order valence-corrected chi connectivity index (χ3v) is 26.3. The number of para-hydroxylation sites is 9. The summed E-state index contributed by atoms with van der Waals surface area (Å²) in [5, 5.41) is 10.5. The fourth-order valence-corrected chi connectivity index (χ4v) is 23.9. The van der Waals surface area contributed by atoms with Crippen LogP contribution >= 0.6 is 0 Å². The van der Waals surface area contributed by atoms with Gasteiger partial charge in [0.05, 0.1) is 44.1 Å². The van der Waals surface area contributed by atoms with Crippen molar-refractivity contribution in [3.05, 3.63) is 273 Å². The van der Waals surface area contributed by atoms with Crippen molar-refractivity contribution in [2.24, 2.45) is 0 Å². The maximum Gasteiger partial charge on any atom is 2.00 e. The van der Waals surface area contributed by atoms with Crippen LogP contribution in [0.25, 0.3) is 67.1 Å². The minimum atomic E-state index is -3.23. The van der Waals surface area contributed by atoms with E-state index in [1.54, 1.807) is 0 Å². The Morgan fingerprint density at radius 1 is 0.295 bits per heavy atom. The smallest absolute Gasteiger partial charge is 0.358 e. The molecule has 78 heavy (non-hydrogen) atoms. The number of hydrogen-bond donors (Lipinski definition) is 0. The summed E-state index contributed by atoms with van der Waals surface area (Å²) in [6.07, 6.45) is 0. The predicted molar refractivity (Wildman–Crippen MR) is 319 cm³/mol. The van der Waals surface area contributed by atoms with Crippen molar-refractivity contribution in [3.63, 3.8) is 0 Å². The van der Waals surface area contributed by atoms with Crippen LogP contribution in [0, 0.1) is 12.1 Å². The second kappa shape index (κ2) is 16.9. The summed E-state index contributed by atoms with van der Waals surface area (Å²) >= 11 is 0. The van der Waals surface area contributed by atoms with Gasteiger partial charge in [0.15, 0.2) is 0 Å². The molecule has 368 valence electrons. The molecule has 11 aromatic carbocycles. The van der Waals surface area contributed by atoms with Gasteiger partial charge in [-0.1, -0.05) is 232 Å². The van der Waals surface area contributed by atoms with Crippen LogP contribution in [-0.2, 0) is 21.1 Å². The van der Waals surface area contributed by atoms with Crippen LogP contribution < -0.4 is 46.4 Å². The van der Waals surface area contributed by atoms with Gasteiger partial charge in [0.25, 0.3) is 0 Å². The second-order valence-corrected chi connectivity index (χ2v) is 27.8. The molecule has 0 radical (unpaired) electrons. The summed E-state index contributed by atoms with van der Waals surface area (Å²) in [7, 11) is -6.46. The van der Waals surface area contributed by atoms with E-state index < -0.39 is 16.1 Å².